The SMILES string of the molecule is Cl.Cl.O=C(Cc1csc(-c2cnccn2)n1)N1CCNCC1c1cccnc1. The Balaban J connectivity index is 0.00000140. The minimum Gasteiger partial charge on any atom is -0.333 e. The van der Waals surface area contributed by atoms with E-state index in [2.05, 4.69) is 25.3 Å². The molecule has 1 saturated heterocycles. The number of carbonyl (C=O) groups excluding carboxylic acids is 1. The highest BCUT2D eigenvalue weighted by Gasteiger charge is 2.28. The van der Waals surface area contributed by atoms with E-state index in [1.165, 1.54) is 11.3 Å². The monoisotopic (exact) mass is 438 g/mol. The molecule has 0 radical (unpaired) electrons. The number of aromatic nitrogens is 4. The molecule has 1 N–H and O–H groups in total. The maximum Gasteiger partial charge on any atom is 0.229 e. The molecule has 1 aliphatic rings. The molecule has 1 atom stereocenters. The summed E-state index contributed by atoms with van der Waals surface area (Å²) in [5, 5.41) is 6.06. The van der Waals surface area contributed by atoms with Gasteiger partial charge in [0, 0.05) is 49.8 Å². The molecule has 3 aromatic heterocycles. The first-order valence-corrected chi connectivity index (χ1v) is 9.30. The molecule has 3 aromatic rings. The van der Waals surface area contributed by atoms with Crippen LogP contribution in [0, 0.1) is 0 Å². The highest BCUT2D eigenvalue weighted by Crippen LogP contribution is 2.24. The van der Waals surface area contributed by atoms with Crippen LogP contribution in [0.2, 0.25) is 0 Å². The normalized spacial score (nSPS) is 16.0. The molecular formula is C18H20Cl2N6OS. The highest BCUT2D eigenvalue weighted by molar-refractivity contribution is 7.13. The van der Waals surface area contributed by atoms with Crippen LogP contribution in [-0.4, -0.2) is 50.4 Å². The van der Waals surface area contributed by atoms with Gasteiger partial charge in [-0.15, -0.1) is 36.2 Å². The van der Waals surface area contributed by atoms with E-state index in [0.29, 0.717) is 6.54 Å². The van der Waals surface area contributed by atoms with Gasteiger partial charge >= 0.3 is 0 Å². The van der Waals surface area contributed by atoms with E-state index < -0.39 is 0 Å². The molecule has 1 aliphatic heterocycles. The zero-order chi connectivity index (χ0) is 17.8. The number of hydrogen-bond donors (Lipinski definition) is 1. The first kappa shape index (κ1) is 22.2. The van der Waals surface area contributed by atoms with Gasteiger partial charge in [0.1, 0.15) is 10.7 Å². The van der Waals surface area contributed by atoms with E-state index in [-0.39, 0.29) is 43.2 Å². The van der Waals surface area contributed by atoms with E-state index in [0.717, 1.165) is 35.0 Å². The van der Waals surface area contributed by atoms with E-state index in [1.54, 1.807) is 24.8 Å². The predicted octanol–water partition coefficient (Wildman–Crippen LogP) is 2.55. The smallest absolute Gasteiger partial charge is 0.229 e. The van der Waals surface area contributed by atoms with Gasteiger partial charge in [-0.05, 0) is 11.6 Å². The summed E-state index contributed by atoms with van der Waals surface area (Å²) in [7, 11) is 0. The second-order valence-corrected chi connectivity index (χ2v) is 6.86. The molecule has 10 heteroatoms. The third-order valence-corrected chi connectivity index (χ3v) is 5.21. The molecule has 0 spiro atoms. The molecule has 1 unspecified atom stereocenters. The molecule has 0 saturated carbocycles. The molecule has 4 heterocycles. The minimum absolute atomic E-state index is 0. The molecule has 0 aliphatic carbocycles. The number of amides is 1. The summed E-state index contributed by atoms with van der Waals surface area (Å²) < 4.78 is 0. The summed E-state index contributed by atoms with van der Waals surface area (Å²) in [6, 6.07) is 3.92. The number of rotatable bonds is 4. The first-order valence-electron chi connectivity index (χ1n) is 8.42. The van der Waals surface area contributed by atoms with Crippen LogP contribution in [0.3, 0.4) is 0 Å². The van der Waals surface area contributed by atoms with Crippen molar-refractivity contribution in [3.8, 4) is 10.7 Å². The summed E-state index contributed by atoms with van der Waals surface area (Å²) in [6.07, 6.45) is 8.81. The van der Waals surface area contributed by atoms with Gasteiger partial charge in [-0.3, -0.25) is 19.7 Å². The van der Waals surface area contributed by atoms with Gasteiger partial charge in [-0.2, -0.15) is 0 Å². The van der Waals surface area contributed by atoms with Gasteiger partial charge in [-0.1, -0.05) is 6.07 Å². The van der Waals surface area contributed by atoms with Crippen LogP contribution in [0.15, 0.2) is 48.5 Å². The Kier molecular flexibility index (Phi) is 8.25. The molecule has 1 fully saturated rings. The Morgan fingerprint density at radius 3 is 2.82 bits per heavy atom. The van der Waals surface area contributed by atoms with Crippen LogP contribution in [0.5, 0.6) is 0 Å². The third-order valence-electron chi connectivity index (χ3n) is 4.30. The lowest BCUT2D eigenvalue weighted by Gasteiger charge is -2.36. The molecule has 1 amide bonds. The maximum absolute atomic E-state index is 12.9. The molecule has 7 nitrogen and oxygen atoms in total. The Morgan fingerprint density at radius 1 is 1.21 bits per heavy atom. The van der Waals surface area contributed by atoms with Crippen molar-refractivity contribution in [3.05, 3.63) is 59.8 Å². The zero-order valence-electron chi connectivity index (χ0n) is 14.9. The van der Waals surface area contributed by atoms with Gasteiger partial charge in [0.15, 0.2) is 0 Å². The van der Waals surface area contributed by atoms with Crippen molar-refractivity contribution in [1.29, 1.82) is 0 Å². The molecule has 148 valence electrons. The molecule has 0 aromatic carbocycles. The fourth-order valence-corrected chi connectivity index (χ4v) is 3.83. The van der Waals surface area contributed by atoms with Gasteiger partial charge < -0.3 is 10.2 Å². The second-order valence-electron chi connectivity index (χ2n) is 6.00. The van der Waals surface area contributed by atoms with Crippen molar-refractivity contribution in [2.75, 3.05) is 19.6 Å². The Hall–Kier alpha value is -2.13. The summed E-state index contributed by atoms with van der Waals surface area (Å²) >= 11 is 1.48. The number of nitrogens with one attached hydrogen (secondary N) is 1. The van der Waals surface area contributed by atoms with Crippen LogP contribution in [0.1, 0.15) is 17.3 Å². The zero-order valence-corrected chi connectivity index (χ0v) is 17.3. The number of carbonyl (C=O) groups is 1. The van der Waals surface area contributed by atoms with E-state index in [4.69, 9.17) is 0 Å². The molecule has 4 rings (SSSR count). The van der Waals surface area contributed by atoms with Crippen molar-refractivity contribution in [2.24, 2.45) is 0 Å². The quantitative estimate of drug-likeness (QED) is 0.673. The fraction of sp³-hybridized carbons (Fsp3) is 0.278. The largest absolute Gasteiger partial charge is 0.333 e. The summed E-state index contributed by atoms with van der Waals surface area (Å²) in [5.41, 5.74) is 2.54. The summed E-state index contributed by atoms with van der Waals surface area (Å²) in [6.45, 7) is 2.21. The van der Waals surface area contributed by atoms with Crippen LogP contribution >= 0.6 is 36.2 Å². The van der Waals surface area contributed by atoms with E-state index in [1.807, 2.05) is 28.6 Å². The summed E-state index contributed by atoms with van der Waals surface area (Å²) in [5.74, 6) is 0.0800. The second kappa shape index (κ2) is 10.4. The van der Waals surface area contributed by atoms with Crippen LogP contribution < -0.4 is 5.32 Å². The third kappa shape index (κ3) is 5.02. The van der Waals surface area contributed by atoms with Gasteiger partial charge in [0.2, 0.25) is 5.91 Å². The number of halogens is 2. The van der Waals surface area contributed by atoms with Crippen LogP contribution in [0.4, 0.5) is 0 Å². The van der Waals surface area contributed by atoms with Crippen LogP contribution in [-0.2, 0) is 11.2 Å². The van der Waals surface area contributed by atoms with Gasteiger partial charge in [0.25, 0.3) is 0 Å². The highest BCUT2D eigenvalue weighted by atomic mass is 35.5. The van der Waals surface area contributed by atoms with Crippen molar-refractivity contribution < 1.29 is 4.79 Å². The topological polar surface area (TPSA) is 83.9 Å². The molecular weight excluding hydrogens is 419 g/mol. The Labute approximate surface area is 179 Å². The average Bonchev–Trinajstić information content (AvgIpc) is 3.18. The lowest BCUT2D eigenvalue weighted by molar-refractivity contribution is -0.133. The van der Waals surface area contributed by atoms with Crippen molar-refractivity contribution in [2.45, 2.75) is 12.5 Å². The minimum atomic E-state index is 0. The first-order chi connectivity index (χ1) is 12.8. The van der Waals surface area contributed by atoms with E-state index >= 15 is 0 Å². The van der Waals surface area contributed by atoms with Crippen molar-refractivity contribution in [1.82, 2.24) is 30.2 Å². The van der Waals surface area contributed by atoms with Gasteiger partial charge in [-0.25, -0.2) is 4.98 Å². The Bertz CT molecular complexity index is 880. The molecule has 28 heavy (non-hydrogen) atoms. The van der Waals surface area contributed by atoms with E-state index in [9.17, 15) is 4.79 Å². The number of piperazine rings is 1. The molecule has 0 bridgehead atoms. The number of nitrogens with zero attached hydrogens (tertiary/aromatic N) is 5. The van der Waals surface area contributed by atoms with Crippen LogP contribution in [0.25, 0.3) is 10.7 Å². The summed E-state index contributed by atoms with van der Waals surface area (Å²) in [4.78, 5) is 31.9. The maximum atomic E-state index is 12.9. The van der Waals surface area contributed by atoms with Crippen molar-refractivity contribution >= 4 is 42.1 Å². The number of thiazole rings is 1. The lowest BCUT2D eigenvalue weighted by atomic mass is 10.0. The van der Waals surface area contributed by atoms with Gasteiger partial charge in [0.05, 0.1) is 24.4 Å². The standard InChI is InChI=1S/C18H18N6OS.2ClH/c25-17(8-14-12-26-18(23-14)15-10-20-4-5-22-15)24-7-6-21-11-16(24)13-2-1-3-19-9-13;;/h1-5,9-10,12,16,21H,6-8,11H2;2*1H. The Morgan fingerprint density at radius 2 is 2.07 bits per heavy atom. The number of pyridine rings is 1. The average molecular weight is 439 g/mol. The fourth-order valence-electron chi connectivity index (χ4n) is 3.05. The van der Waals surface area contributed by atoms with Crippen molar-refractivity contribution in [3.63, 3.8) is 0 Å². The lowest BCUT2D eigenvalue weighted by Crippen LogP contribution is -2.49. The predicted molar refractivity (Wildman–Crippen MR) is 113 cm³/mol. The number of hydrogen-bond acceptors (Lipinski definition) is 7.